The van der Waals surface area contributed by atoms with Crippen LogP contribution in [0.1, 0.15) is 17.0 Å². The van der Waals surface area contributed by atoms with Crippen molar-refractivity contribution in [3.63, 3.8) is 0 Å². The molecular formula is C13H17ClN4. The molecule has 0 unspecified atom stereocenters. The molecule has 0 saturated carbocycles. The smallest absolute Gasteiger partial charge is 0.0739 e. The van der Waals surface area contributed by atoms with E-state index in [0.717, 1.165) is 17.1 Å². The SMILES string of the molecule is Cc1nn(C)c(C)c1CNc1cccc(Cl)c1N. The number of para-hydroxylation sites is 1. The monoisotopic (exact) mass is 264 g/mol. The number of benzene rings is 1. The number of nitrogens with one attached hydrogen (secondary N) is 1. The van der Waals surface area contributed by atoms with Gasteiger partial charge in [0.1, 0.15) is 0 Å². The number of rotatable bonds is 3. The summed E-state index contributed by atoms with van der Waals surface area (Å²) in [6.07, 6.45) is 0. The second kappa shape index (κ2) is 4.90. The van der Waals surface area contributed by atoms with E-state index in [-0.39, 0.29) is 0 Å². The topological polar surface area (TPSA) is 55.9 Å². The molecular weight excluding hydrogens is 248 g/mol. The number of nitrogens with zero attached hydrogens (tertiary/aromatic N) is 2. The van der Waals surface area contributed by atoms with E-state index in [2.05, 4.69) is 17.3 Å². The molecule has 0 atom stereocenters. The van der Waals surface area contributed by atoms with Crippen LogP contribution in [0.5, 0.6) is 0 Å². The number of aromatic nitrogens is 2. The van der Waals surface area contributed by atoms with Gasteiger partial charge in [0.15, 0.2) is 0 Å². The van der Waals surface area contributed by atoms with Crippen LogP contribution in [-0.4, -0.2) is 9.78 Å². The number of anilines is 2. The molecule has 1 heterocycles. The lowest BCUT2D eigenvalue weighted by Gasteiger charge is -2.10. The Kier molecular flexibility index (Phi) is 3.48. The van der Waals surface area contributed by atoms with Crippen LogP contribution in [0.4, 0.5) is 11.4 Å². The Morgan fingerprint density at radius 3 is 2.72 bits per heavy atom. The summed E-state index contributed by atoms with van der Waals surface area (Å²) in [7, 11) is 1.94. The average molecular weight is 265 g/mol. The van der Waals surface area contributed by atoms with Crippen LogP contribution in [0.15, 0.2) is 18.2 Å². The fourth-order valence-corrected chi connectivity index (χ4v) is 2.12. The van der Waals surface area contributed by atoms with E-state index in [4.69, 9.17) is 17.3 Å². The first-order chi connectivity index (χ1) is 8.50. The van der Waals surface area contributed by atoms with Crippen LogP contribution in [0.3, 0.4) is 0 Å². The molecule has 0 saturated heterocycles. The van der Waals surface area contributed by atoms with E-state index >= 15 is 0 Å². The highest BCUT2D eigenvalue weighted by Crippen LogP contribution is 2.27. The minimum absolute atomic E-state index is 0.569. The van der Waals surface area contributed by atoms with Crippen molar-refractivity contribution >= 4 is 23.0 Å². The van der Waals surface area contributed by atoms with Gasteiger partial charge in [-0.1, -0.05) is 17.7 Å². The Balaban J connectivity index is 2.19. The average Bonchev–Trinajstić information content (AvgIpc) is 2.56. The number of nitrogens with two attached hydrogens (primary N) is 1. The molecule has 3 N–H and O–H groups in total. The molecule has 5 heteroatoms. The highest BCUT2D eigenvalue weighted by Gasteiger charge is 2.10. The molecule has 2 rings (SSSR count). The Morgan fingerprint density at radius 1 is 1.39 bits per heavy atom. The largest absolute Gasteiger partial charge is 0.396 e. The van der Waals surface area contributed by atoms with Gasteiger partial charge in [0.25, 0.3) is 0 Å². The van der Waals surface area contributed by atoms with Gasteiger partial charge < -0.3 is 11.1 Å². The lowest BCUT2D eigenvalue weighted by molar-refractivity contribution is 0.730. The molecule has 2 aromatic rings. The fourth-order valence-electron chi connectivity index (χ4n) is 1.95. The van der Waals surface area contributed by atoms with Crippen LogP contribution < -0.4 is 11.1 Å². The third-order valence-electron chi connectivity index (χ3n) is 3.17. The summed E-state index contributed by atoms with van der Waals surface area (Å²) in [6.45, 7) is 4.75. The zero-order chi connectivity index (χ0) is 13.3. The third kappa shape index (κ3) is 2.29. The standard InChI is InChI=1S/C13H17ClN4/c1-8-10(9(2)18(3)17-8)7-16-12-6-4-5-11(14)13(12)15/h4-6,16H,7,15H2,1-3H3. The number of nitrogen functional groups attached to an aromatic ring is 1. The molecule has 0 aliphatic carbocycles. The summed E-state index contributed by atoms with van der Waals surface area (Å²) >= 11 is 5.98. The molecule has 4 nitrogen and oxygen atoms in total. The molecule has 0 amide bonds. The van der Waals surface area contributed by atoms with Gasteiger partial charge in [-0.2, -0.15) is 5.10 Å². The Morgan fingerprint density at radius 2 is 2.11 bits per heavy atom. The molecule has 1 aromatic heterocycles. The van der Waals surface area contributed by atoms with E-state index in [0.29, 0.717) is 17.3 Å². The zero-order valence-electron chi connectivity index (χ0n) is 10.8. The molecule has 1 aromatic carbocycles. The summed E-state index contributed by atoms with van der Waals surface area (Å²) in [4.78, 5) is 0. The number of halogens is 1. The Hall–Kier alpha value is -1.68. The van der Waals surface area contributed by atoms with Gasteiger partial charge in [0.2, 0.25) is 0 Å². The Bertz CT molecular complexity index is 575. The molecule has 0 fully saturated rings. The summed E-state index contributed by atoms with van der Waals surface area (Å²) < 4.78 is 1.88. The van der Waals surface area contributed by atoms with Crippen LogP contribution in [0, 0.1) is 13.8 Å². The summed E-state index contributed by atoms with van der Waals surface area (Å²) in [6, 6.07) is 5.58. The van der Waals surface area contributed by atoms with Crippen molar-refractivity contribution in [2.24, 2.45) is 7.05 Å². The van der Waals surface area contributed by atoms with Gasteiger partial charge >= 0.3 is 0 Å². The zero-order valence-corrected chi connectivity index (χ0v) is 11.5. The summed E-state index contributed by atoms with van der Waals surface area (Å²) in [5.41, 5.74) is 10.7. The maximum atomic E-state index is 5.98. The van der Waals surface area contributed by atoms with Crippen LogP contribution >= 0.6 is 11.6 Å². The number of hydrogen-bond donors (Lipinski definition) is 2. The second-order valence-electron chi connectivity index (χ2n) is 4.33. The van der Waals surface area contributed by atoms with Crippen molar-refractivity contribution in [3.05, 3.63) is 40.2 Å². The number of hydrogen-bond acceptors (Lipinski definition) is 3. The molecule has 0 radical (unpaired) electrons. The van der Waals surface area contributed by atoms with Crippen LogP contribution in [0.2, 0.25) is 5.02 Å². The lowest BCUT2D eigenvalue weighted by atomic mass is 10.2. The van der Waals surface area contributed by atoms with E-state index < -0.39 is 0 Å². The minimum Gasteiger partial charge on any atom is -0.396 e. The maximum Gasteiger partial charge on any atom is 0.0739 e. The highest BCUT2D eigenvalue weighted by molar-refractivity contribution is 6.33. The first-order valence-electron chi connectivity index (χ1n) is 5.77. The van der Waals surface area contributed by atoms with Gasteiger partial charge in [-0.15, -0.1) is 0 Å². The van der Waals surface area contributed by atoms with E-state index in [1.165, 1.54) is 5.56 Å². The van der Waals surface area contributed by atoms with E-state index in [9.17, 15) is 0 Å². The maximum absolute atomic E-state index is 5.98. The molecule has 0 aliphatic heterocycles. The van der Waals surface area contributed by atoms with Gasteiger partial charge in [-0.05, 0) is 26.0 Å². The lowest BCUT2D eigenvalue weighted by Crippen LogP contribution is -2.04. The molecule has 96 valence electrons. The van der Waals surface area contributed by atoms with E-state index in [1.807, 2.05) is 30.8 Å². The highest BCUT2D eigenvalue weighted by atomic mass is 35.5. The Labute approximate surface area is 112 Å². The minimum atomic E-state index is 0.569. The van der Waals surface area contributed by atoms with E-state index in [1.54, 1.807) is 6.07 Å². The van der Waals surface area contributed by atoms with Crippen molar-refractivity contribution in [1.29, 1.82) is 0 Å². The molecule has 0 bridgehead atoms. The van der Waals surface area contributed by atoms with Crippen molar-refractivity contribution in [3.8, 4) is 0 Å². The molecule has 0 aliphatic rings. The van der Waals surface area contributed by atoms with Gasteiger partial charge in [-0.3, -0.25) is 4.68 Å². The fraction of sp³-hybridized carbons (Fsp3) is 0.308. The van der Waals surface area contributed by atoms with Gasteiger partial charge in [0.05, 0.1) is 22.1 Å². The van der Waals surface area contributed by atoms with Gasteiger partial charge in [-0.25, -0.2) is 0 Å². The first kappa shape index (κ1) is 12.8. The van der Waals surface area contributed by atoms with Crippen molar-refractivity contribution in [1.82, 2.24) is 9.78 Å². The quantitative estimate of drug-likeness (QED) is 0.838. The van der Waals surface area contributed by atoms with Crippen molar-refractivity contribution in [2.45, 2.75) is 20.4 Å². The third-order valence-corrected chi connectivity index (χ3v) is 3.50. The first-order valence-corrected chi connectivity index (χ1v) is 6.15. The van der Waals surface area contributed by atoms with Gasteiger partial charge in [0, 0.05) is 24.8 Å². The molecule has 18 heavy (non-hydrogen) atoms. The van der Waals surface area contributed by atoms with Crippen molar-refractivity contribution in [2.75, 3.05) is 11.1 Å². The van der Waals surface area contributed by atoms with Crippen LogP contribution in [0.25, 0.3) is 0 Å². The van der Waals surface area contributed by atoms with Crippen molar-refractivity contribution < 1.29 is 0 Å². The summed E-state index contributed by atoms with van der Waals surface area (Å²) in [5.74, 6) is 0. The summed E-state index contributed by atoms with van der Waals surface area (Å²) in [5, 5.41) is 8.25. The predicted molar refractivity (Wildman–Crippen MR) is 75.9 cm³/mol. The molecule has 0 spiro atoms. The van der Waals surface area contributed by atoms with Crippen LogP contribution in [-0.2, 0) is 13.6 Å². The second-order valence-corrected chi connectivity index (χ2v) is 4.73. The normalized spacial score (nSPS) is 10.7. The number of aryl methyl sites for hydroxylation is 2. The predicted octanol–water partition coefficient (Wildman–Crippen LogP) is 2.88.